The van der Waals surface area contributed by atoms with Crippen LogP contribution in [-0.2, 0) is 20.9 Å². The van der Waals surface area contributed by atoms with E-state index in [0.29, 0.717) is 12.5 Å². The van der Waals surface area contributed by atoms with Crippen LogP contribution >= 0.6 is 0 Å². The Morgan fingerprint density at radius 3 is 2.52 bits per heavy atom. The highest BCUT2D eigenvalue weighted by Crippen LogP contribution is 2.20. The molecule has 25 heavy (non-hydrogen) atoms. The second-order valence-corrected chi connectivity index (χ2v) is 7.12. The molecule has 0 saturated carbocycles. The minimum Gasteiger partial charge on any atom is -0.379 e. The molecule has 2 aliphatic heterocycles. The molecule has 5 heteroatoms. The number of hydrogen-bond donors (Lipinski definition) is 0. The summed E-state index contributed by atoms with van der Waals surface area (Å²) in [5.74, 6) is 0.823. The van der Waals surface area contributed by atoms with Gasteiger partial charge >= 0.3 is 0 Å². The fourth-order valence-electron chi connectivity index (χ4n) is 3.61. The molecule has 2 saturated heterocycles. The lowest BCUT2D eigenvalue weighted by Crippen LogP contribution is -2.46. The number of ether oxygens (including phenoxy) is 2. The lowest BCUT2D eigenvalue weighted by molar-refractivity contribution is -0.145. The summed E-state index contributed by atoms with van der Waals surface area (Å²) < 4.78 is 11.2. The molecule has 1 atom stereocenters. The third kappa shape index (κ3) is 5.53. The van der Waals surface area contributed by atoms with Crippen LogP contribution in [-0.4, -0.2) is 67.7 Å². The predicted octanol–water partition coefficient (Wildman–Crippen LogP) is 2.16. The van der Waals surface area contributed by atoms with Gasteiger partial charge in [-0.05, 0) is 31.2 Å². The number of piperidine rings is 1. The van der Waals surface area contributed by atoms with Crippen LogP contribution in [0.5, 0.6) is 0 Å². The Balaban J connectivity index is 1.38. The average molecular weight is 346 g/mol. The molecule has 1 aromatic rings. The van der Waals surface area contributed by atoms with Gasteiger partial charge in [0.2, 0.25) is 0 Å². The maximum Gasteiger partial charge on any atom is 0.251 e. The highest BCUT2D eigenvalue weighted by atomic mass is 16.5. The molecule has 2 aliphatic rings. The summed E-state index contributed by atoms with van der Waals surface area (Å²) in [7, 11) is 0. The third-order valence-electron chi connectivity index (χ3n) is 5.24. The van der Waals surface area contributed by atoms with Crippen molar-refractivity contribution in [2.24, 2.45) is 5.92 Å². The number of benzene rings is 1. The molecule has 138 valence electrons. The summed E-state index contributed by atoms with van der Waals surface area (Å²) in [6.45, 7) is 9.01. The number of carbonyl (C=O) groups is 1. The minimum absolute atomic E-state index is 0.126. The topological polar surface area (TPSA) is 42.0 Å². The van der Waals surface area contributed by atoms with Crippen LogP contribution in [0.2, 0.25) is 0 Å². The fraction of sp³-hybridized carbons (Fsp3) is 0.650. The number of carbonyl (C=O) groups excluding carboxylic acids is 1. The van der Waals surface area contributed by atoms with Gasteiger partial charge in [0.15, 0.2) is 0 Å². The summed E-state index contributed by atoms with van der Waals surface area (Å²) in [6, 6.07) is 10.0. The van der Waals surface area contributed by atoms with Crippen molar-refractivity contribution in [1.82, 2.24) is 9.80 Å². The van der Waals surface area contributed by atoms with Gasteiger partial charge in [-0.3, -0.25) is 9.69 Å². The number of hydrogen-bond acceptors (Lipinski definition) is 4. The zero-order valence-corrected chi connectivity index (χ0v) is 15.2. The van der Waals surface area contributed by atoms with E-state index in [1.807, 2.05) is 42.2 Å². The first kappa shape index (κ1) is 18.4. The number of likely N-dealkylation sites (tertiary alicyclic amines) is 1. The highest BCUT2D eigenvalue weighted by molar-refractivity contribution is 5.80. The first-order valence-corrected chi connectivity index (χ1v) is 9.47. The van der Waals surface area contributed by atoms with Crippen LogP contribution < -0.4 is 0 Å². The Morgan fingerprint density at radius 2 is 1.84 bits per heavy atom. The number of rotatable bonds is 6. The molecule has 0 bridgehead atoms. The quantitative estimate of drug-likeness (QED) is 0.792. The molecule has 1 unspecified atom stereocenters. The minimum atomic E-state index is -0.379. The summed E-state index contributed by atoms with van der Waals surface area (Å²) in [5, 5.41) is 0. The third-order valence-corrected chi connectivity index (χ3v) is 5.24. The molecule has 2 fully saturated rings. The van der Waals surface area contributed by atoms with Crippen LogP contribution in [0.4, 0.5) is 0 Å². The molecule has 0 radical (unpaired) electrons. The van der Waals surface area contributed by atoms with Gasteiger partial charge in [-0.15, -0.1) is 0 Å². The van der Waals surface area contributed by atoms with E-state index in [4.69, 9.17) is 9.47 Å². The Kier molecular flexibility index (Phi) is 6.84. The van der Waals surface area contributed by atoms with Crippen molar-refractivity contribution in [3.8, 4) is 0 Å². The molecule has 1 amide bonds. The van der Waals surface area contributed by atoms with Crippen molar-refractivity contribution in [3.63, 3.8) is 0 Å². The van der Waals surface area contributed by atoms with Crippen molar-refractivity contribution in [3.05, 3.63) is 35.9 Å². The summed E-state index contributed by atoms with van der Waals surface area (Å²) in [6.07, 6.45) is 1.80. The Bertz CT molecular complexity index is 523. The van der Waals surface area contributed by atoms with Gasteiger partial charge in [-0.1, -0.05) is 30.3 Å². The fourth-order valence-corrected chi connectivity index (χ4v) is 3.61. The molecule has 0 aliphatic carbocycles. The van der Waals surface area contributed by atoms with E-state index in [1.54, 1.807) is 0 Å². The number of morpholine rings is 1. The Morgan fingerprint density at radius 1 is 1.16 bits per heavy atom. The van der Waals surface area contributed by atoms with E-state index in [9.17, 15) is 4.79 Å². The van der Waals surface area contributed by atoms with Gasteiger partial charge in [0.1, 0.15) is 6.10 Å². The molecule has 1 aromatic carbocycles. The Labute approximate surface area is 150 Å². The van der Waals surface area contributed by atoms with E-state index in [-0.39, 0.29) is 12.0 Å². The second kappa shape index (κ2) is 9.32. The molecular formula is C20H30N2O3. The van der Waals surface area contributed by atoms with Crippen LogP contribution in [0, 0.1) is 5.92 Å². The molecule has 0 aromatic heterocycles. The summed E-state index contributed by atoms with van der Waals surface area (Å²) >= 11 is 0. The second-order valence-electron chi connectivity index (χ2n) is 7.12. The maximum absolute atomic E-state index is 12.6. The Hall–Kier alpha value is -1.43. The van der Waals surface area contributed by atoms with Crippen molar-refractivity contribution < 1.29 is 14.3 Å². The lowest BCUT2D eigenvalue weighted by Gasteiger charge is -2.36. The van der Waals surface area contributed by atoms with Crippen molar-refractivity contribution >= 4 is 5.91 Å². The van der Waals surface area contributed by atoms with Crippen LogP contribution in [0.15, 0.2) is 30.3 Å². The number of nitrogens with zero attached hydrogens (tertiary/aromatic N) is 2. The van der Waals surface area contributed by atoms with Gasteiger partial charge in [-0.2, -0.15) is 0 Å². The van der Waals surface area contributed by atoms with Crippen LogP contribution in [0.1, 0.15) is 25.3 Å². The molecule has 2 heterocycles. The predicted molar refractivity (Wildman–Crippen MR) is 97.3 cm³/mol. The van der Waals surface area contributed by atoms with Crippen LogP contribution in [0.3, 0.4) is 0 Å². The molecule has 0 spiro atoms. The molecule has 5 nitrogen and oxygen atoms in total. The monoisotopic (exact) mass is 346 g/mol. The number of amides is 1. The van der Waals surface area contributed by atoms with Crippen LogP contribution in [0.25, 0.3) is 0 Å². The van der Waals surface area contributed by atoms with Crippen molar-refractivity contribution in [1.29, 1.82) is 0 Å². The zero-order chi connectivity index (χ0) is 17.5. The average Bonchev–Trinajstić information content (AvgIpc) is 2.68. The van der Waals surface area contributed by atoms with E-state index in [1.165, 1.54) is 0 Å². The van der Waals surface area contributed by atoms with E-state index >= 15 is 0 Å². The van der Waals surface area contributed by atoms with Gasteiger partial charge in [0, 0.05) is 32.7 Å². The van der Waals surface area contributed by atoms with Gasteiger partial charge in [0.05, 0.1) is 19.8 Å². The molecular weight excluding hydrogens is 316 g/mol. The lowest BCUT2D eigenvalue weighted by atomic mass is 9.95. The SMILES string of the molecule is CC(OCc1ccccc1)C(=O)N1CCC(CN2CCOCC2)CC1. The van der Waals surface area contributed by atoms with Gasteiger partial charge < -0.3 is 14.4 Å². The summed E-state index contributed by atoms with van der Waals surface area (Å²) in [4.78, 5) is 17.1. The summed E-state index contributed by atoms with van der Waals surface area (Å²) in [5.41, 5.74) is 1.10. The normalized spacial score (nSPS) is 21.2. The molecule has 0 N–H and O–H groups in total. The van der Waals surface area contributed by atoms with E-state index in [2.05, 4.69) is 4.90 Å². The van der Waals surface area contributed by atoms with Gasteiger partial charge in [-0.25, -0.2) is 0 Å². The largest absolute Gasteiger partial charge is 0.379 e. The van der Waals surface area contributed by atoms with Gasteiger partial charge in [0.25, 0.3) is 5.91 Å². The van der Waals surface area contributed by atoms with Crippen molar-refractivity contribution in [2.75, 3.05) is 45.9 Å². The smallest absolute Gasteiger partial charge is 0.251 e. The molecule has 3 rings (SSSR count). The zero-order valence-electron chi connectivity index (χ0n) is 15.2. The first-order chi connectivity index (χ1) is 12.2. The van der Waals surface area contributed by atoms with E-state index in [0.717, 1.165) is 64.3 Å². The first-order valence-electron chi connectivity index (χ1n) is 9.47. The van der Waals surface area contributed by atoms with Crippen molar-refractivity contribution in [2.45, 2.75) is 32.5 Å². The maximum atomic E-state index is 12.6. The van der Waals surface area contributed by atoms with E-state index < -0.39 is 0 Å². The standard InChI is InChI=1S/C20H30N2O3/c1-17(25-16-19-5-3-2-4-6-19)20(23)22-9-7-18(8-10-22)15-21-11-13-24-14-12-21/h2-6,17-18H,7-16H2,1H3. The highest BCUT2D eigenvalue weighted by Gasteiger charge is 2.27.